The number of carbonyl (C=O) groups excluding carboxylic acids is 1. The quantitative estimate of drug-likeness (QED) is 0.0269. The van der Waals surface area contributed by atoms with Gasteiger partial charge in [-0.1, -0.05) is 197 Å². The minimum absolute atomic E-state index is 0.0972. The topological polar surface area (TPSA) is 117 Å². The lowest BCUT2D eigenvalue weighted by Gasteiger charge is -2.20. The summed E-state index contributed by atoms with van der Waals surface area (Å²) in [6, 6.07) is 0. The molecule has 2 atom stereocenters. The summed E-state index contributed by atoms with van der Waals surface area (Å²) in [5.41, 5.74) is 5.38. The van der Waals surface area contributed by atoms with Crippen molar-refractivity contribution in [2.75, 3.05) is 33.0 Å². The van der Waals surface area contributed by atoms with E-state index in [9.17, 15) is 14.3 Å². The second kappa shape index (κ2) is 48.5. The molecule has 60 heavy (non-hydrogen) atoms. The average molecular weight is 866 g/mol. The van der Waals surface area contributed by atoms with Crippen LogP contribution in [0, 0.1) is 0 Å². The number of hydrogen-bond donors (Lipinski definition) is 2. The largest absolute Gasteiger partial charge is 0.472 e. The van der Waals surface area contributed by atoms with E-state index in [2.05, 4.69) is 62.5 Å². The van der Waals surface area contributed by atoms with Gasteiger partial charge in [0.1, 0.15) is 6.10 Å². The Morgan fingerprint density at radius 1 is 0.500 bits per heavy atom. The van der Waals surface area contributed by atoms with Crippen LogP contribution in [0.3, 0.4) is 0 Å². The van der Waals surface area contributed by atoms with E-state index in [1.54, 1.807) is 0 Å². The van der Waals surface area contributed by atoms with Gasteiger partial charge in [0.25, 0.3) is 0 Å². The van der Waals surface area contributed by atoms with Crippen LogP contribution in [0.5, 0.6) is 0 Å². The van der Waals surface area contributed by atoms with Gasteiger partial charge in [0.15, 0.2) is 0 Å². The van der Waals surface area contributed by atoms with Crippen molar-refractivity contribution in [2.24, 2.45) is 5.73 Å². The second-order valence-corrected chi connectivity index (χ2v) is 18.1. The third-order valence-electron chi connectivity index (χ3n) is 10.7. The maximum atomic E-state index is 12.6. The fourth-order valence-electron chi connectivity index (χ4n) is 7.00. The molecule has 0 saturated carbocycles. The van der Waals surface area contributed by atoms with E-state index in [-0.39, 0.29) is 32.3 Å². The van der Waals surface area contributed by atoms with Gasteiger partial charge in [-0.2, -0.15) is 0 Å². The number of hydrogen-bond acceptors (Lipinski definition) is 7. The van der Waals surface area contributed by atoms with Crippen molar-refractivity contribution in [2.45, 2.75) is 238 Å². The van der Waals surface area contributed by atoms with Crippen LogP contribution in [0.25, 0.3) is 0 Å². The Bertz CT molecular complexity index is 1060. The molecular weight excluding hydrogens is 770 g/mol. The molecule has 0 bridgehead atoms. The zero-order chi connectivity index (χ0) is 43.7. The van der Waals surface area contributed by atoms with E-state index in [0.29, 0.717) is 13.0 Å². The number of esters is 1. The van der Waals surface area contributed by atoms with Gasteiger partial charge in [0.2, 0.25) is 0 Å². The lowest BCUT2D eigenvalue weighted by Crippen LogP contribution is -2.28. The van der Waals surface area contributed by atoms with Gasteiger partial charge in [0.05, 0.1) is 19.8 Å². The SMILES string of the molecule is CCCCC/C=C\C/C=C\CCCCCCCC(=O)OC(COCCCCCCCCCCCCCCCC/C=C\C/C=C\CCCCCCC)COP(=O)(O)OCCN. The molecule has 0 amide bonds. The first kappa shape index (κ1) is 58.5. The second-order valence-electron chi connectivity index (χ2n) is 16.7. The summed E-state index contributed by atoms with van der Waals surface area (Å²) in [7, 11) is -4.28. The molecule has 0 spiro atoms. The third-order valence-corrected chi connectivity index (χ3v) is 11.7. The molecule has 3 N–H and O–H groups in total. The standard InChI is InChI=1S/C51H96NO7P/c1-3-5-7-9-11-13-15-17-19-20-21-22-23-24-25-26-27-28-29-31-33-35-37-39-41-43-46-56-48-50(49-58-60(54,55)57-47-45-52)59-51(53)44-42-40-38-36-34-32-30-18-16-14-12-10-8-6-4-2/h12,14-15,17-18,20-21,30,50H,3-11,13,16,19,22-29,31-49,52H2,1-2H3,(H,54,55)/b14-12-,17-15-,21-20-,30-18-. The maximum Gasteiger partial charge on any atom is 0.472 e. The number of carbonyl (C=O) groups is 1. The van der Waals surface area contributed by atoms with Crippen LogP contribution in [0.15, 0.2) is 48.6 Å². The van der Waals surface area contributed by atoms with Crippen molar-refractivity contribution in [1.29, 1.82) is 0 Å². The lowest BCUT2D eigenvalue weighted by molar-refractivity contribution is -0.154. The van der Waals surface area contributed by atoms with Crippen LogP contribution in [0.2, 0.25) is 0 Å². The summed E-state index contributed by atoms with van der Waals surface area (Å²) in [4.78, 5) is 22.5. The summed E-state index contributed by atoms with van der Waals surface area (Å²) in [5, 5.41) is 0. The summed E-state index contributed by atoms with van der Waals surface area (Å²) in [6.07, 6.45) is 58.6. The van der Waals surface area contributed by atoms with Gasteiger partial charge in [-0.25, -0.2) is 4.57 Å². The van der Waals surface area contributed by atoms with Gasteiger partial charge in [0, 0.05) is 19.6 Å². The summed E-state index contributed by atoms with van der Waals surface area (Å²) < 4.78 is 33.5. The van der Waals surface area contributed by atoms with Crippen LogP contribution < -0.4 is 5.73 Å². The van der Waals surface area contributed by atoms with Crippen molar-refractivity contribution < 1.29 is 32.8 Å². The Kier molecular flexibility index (Phi) is 47.2. The van der Waals surface area contributed by atoms with E-state index >= 15 is 0 Å². The summed E-state index contributed by atoms with van der Waals surface area (Å²) in [5.74, 6) is -0.343. The molecule has 0 rings (SSSR count). The van der Waals surface area contributed by atoms with Crippen LogP contribution in [-0.4, -0.2) is 49.9 Å². The Labute approximate surface area is 371 Å². The van der Waals surface area contributed by atoms with Gasteiger partial charge in [-0.15, -0.1) is 0 Å². The molecule has 352 valence electrons. The average Bonchev–Trinajstić information content (AvgIpc) is 3.24. The number of phosphoric acid groups is 1. The molecular formula is C51H96NO7P. The first-order valence-electron chi connectivity index (χ1n) is 25.1. The van der Waals surface area contributed by atoms with Gasteiger partial charge in [-0.3, -0.25) is 13.8 Å². The third kappa shape index (κ3) is 47.5. The van der Waals surface area contributed by atoms with Gasteiger partial charge in [-0.05, 0) is 77.0 Å². The van der Waals surface area contributed by atoms with Crippen LogP contribution in [-0.2, 0) is 27.9 Å². The van der Waals surface area contributed by atoms with Crippen LogP contribution in [0.1, 0.15) is 232 Å². The Hall–Kier alpha value is -1.54. The predicted octanol–water partition coefficient (Wildman–Crippen LogP) is 15.5. The Balaban J connectivity index is 3.90. The monoisotopic (exact) mass is 866 g/mol. The normalized spacial score (nSPS) is 13.7. The van der Waals surface area contributed by atoms with Gasteiger partial charge >= 0.3 is 13.8 Å². The molecule has 0 heterocycles. The van der Waals surface area contributed by atoms with Crippen molar-refractivity contribution in [3.63, 3.8) is 0 Å². The molecule has 0 fully saturated rings. The molecule has 8 nitrogen and oxygen atoms in total. The zero-order valence-electron chi connectivity index (χ0n) is 39.2. The first-order valence-corrected chi connectivity index (χ1v) is 26.6. The Morgan fingerprint density at radius 3 is 1.33 bits per heavy atom. The van der Waals surface area contributed by atoms with E-state index in [4.69, 9.17) is 24.3 Å². The molecule has 0 aliphatic rings. The highest BCUT2D eigenvalue weighted by Crippen LogP contribution is 2.43. The maximum absolute atomic E-state index is 12.6. The molecule has 0 saturated heterocycles. The minimum Gasteiger partial charge on any atom is -0.457 e. The molecule has 9 heteroatoms. The molecule has 0 aliphatic carbocycles. The smallest absolute Gasteiger partial charge is 0.457 e. The minimum atomic E-state index is -4.28. The highest BCUT2D eigenvalue weighted by molar-refractivity contribution is 7.47. The van der Waals surface area contributed by atoms with Crippen LogP contribution >= 0.6 is 7.82 Å². The van der Waals surface area contributed by atoms with Crippen molar-refractivity contribution >= 4 is 13.8 Å². The predicted molar refractivity (Wildman–Crippen MR) is 256 cm³/mol. The lowest BCUT2D eigenvalue weighted by atomic mass is 10.0. The van der Waals surface area contributed by atoms with E-state index in [1.807, 2.05) is 0 Å². The molecule has 0 aromatic rings. The molecule has 2 unspecified atom stereocenters. The highest BCUT2D eigenvalue weighted by atomic mass is 31.2. The van der Waals surface area contributed by atoms with Gasteiger partial charge < -0.3 is 20.1 Å². The fourth-order valence-corrected chi connectivity index (χ4v) is 7.76. The van der Waals surface area contributed by atoms with Crippen molar-refractivity contribution in [1.82, 2.24) is 0 Å². The molecule has 0 aromatic heterocycles. The number of phosphoric ester groups is 1. The molecule has 0 aliphatic heterocycles. The van der Waals surface area contributed by atoms with Crippen molar-refractivity contribution in [3.8, 4) is 0 Å². The van der Waals surface area contributed by atoms with E-state index in [0.717, 1.165) is 64.2 Å². The molecule has 0 radical (unpaired) electrons. The van der Waals surface area contributed by atoms with Crippen molar-refractivity contribution in [3.05, 3.63) is 48.6 Å². The number of unbranched alkanes of at least 4 members (excludes halogenated alkanes) is 27. The zero-order valence-corrected chi connectivity index (χ0v) is 40.1. The number of rotatable bonds is 48. The number of nitrogens with two attached hydrogens (primary N) is 1. The van der Waals surface area contributed by atoms with E-state index in [1.165, 1.54) is 148 Å². The number of allylic oxidation sites excluding steroid dienone is 8. The van der Waals surface area contributed by atoms with Crippen LogP contribution in [0.4, 0.5) is 0 Å². The highest BCUT2D eigenvalue weighted by Gasteiger charge is 2.25. The molecule has 0 aromatic carbocycles. The first-order chi connectivity index (χ1) is 29.4. The van der Waals surface area contributed by atoms with E-state index < -0.39 is 13.9 Å². The number of ether oxygens (including phenoxy) is 2. The fraction of sp³-hybridized carbons (Fsp3) is 0.824. The summed E-state index contributed by atoms with van der Waals surface area (Å²) >= 11 is 0. The Morgan fingerprint density at radius 2 is 0.883 bits per heavy atom. The summed E-state index contributed by atoms with van der Waals surface area (Å²) in [6.45, 7) is 4.89.